The third kappa shape index (κ3) is 2.22. The molecule has 0 spiro atoms. The van der Waals surface area contributed by atoms with Crippen LogP contribution in [0.15, 0.2) is 24.3 Å². The van der Waals surface area contributed by atoms with Crippen LogP contribution >= 0.6 is 0 Å². The van der Waals surface area contributed by atoms with E-state index in [0.717, 1.165) is 29.7 Å². The van der Waals surface area contributed by atoms with E-state index in [9.17, 15) is 0 Å². The van der Waals surface area contributed by atoms with Gasteiger partial charge in [-0.3, -0.25) is 4.98 Å². The zero-order valence-corrected chi connectivity index (χ0v) is 12.1. The number of benzene rings is 1. The molecule has 110 valence electrons. The molecule has 21 heavy (non-hydrogen) atoms. The zero-order chi connectivity index (χ0) is 14.4. The molecule has 2 aliphatic rings. The molecule has 2 atom stereocenters. The van der Waals surface area contributed by atoms with Gasteiger partial charge >= 0.3 is 0 Å². The van der Waals surface area contributed by atoms with Crippen LogP contribution in [-0.2, 0) is 4.74 Å². The lowest BCUT2D eigenvalue weighted by Crippen LogP contribution is -2.42. The monoisotopic (exact) mass is 285 g/mol. The van der Waals surface area contributed by atoms with E-state index in [1.165, 1.54) is 18.5 Å². The summed E-state index contributed by atoms with van der Waals surface area (Å²) in [6.07, 6.45) is 3.10. The summed E-state index contributed by atoms with van der Waals surface area (Å²) in [6.45, 7) is 3.86. The lowest BCUT2D eigenvalue weighted by molar-refractivity contribution is 0.0305. The number of ether oxygens (including phenoxy) is 1. The minimum absolute atomic E-state index is 0.376. The van der Waals surface area contributed by atoms with Gasteiger partial charge in [0.2, 0.25) is 0 Å². The molecule has 4 rings (SSSR count). The van der Waals surface area contributed by atoms with Gasteiger partial charge in [0.1, 0.15) is 0 Å². The van der Waals surface area contributed by atoms with Crippen molar-refractivity contribution in [2.75, 3.05) is 18.0 Å². The van der Waals surface area contributed by atoms with Crippen LogP contribution in [-0.4, -0.2) is 30.3 Å². The van der Waals surface area contributed by atoms with Crippen molar-refractivity contribution in [1.82, 2.24) is 4.98 Å². The van der Waals surface area contributed by atoms with Crippen molar-refractivity contribution in [3.63, 3.8) is 0 Å². The SMILES string of the molecule is Cc1cc(ON)c2cc(N3CC4CCC(C3)O4)ccc2n1. The summed E-state index contributed by atoms with van der Waals surface area (Å²) in [4.78, 5) is 12.0. The standard InChI is InChI=1S/C16H19N3O2/c1-10-6-16(21-17)14-7-11(2-5-15(14)18-10)19-8-12-3-4-13(9-19)20-12/h2,5-7,12-13H,3-4,8-9,17H2,1H3. The lowest BCUT2D eigenvalue weighted by Gasteiger charge is -2.34. The highest BCUT2D eigenvalue weighted by Crippen LogP contribution is 2.33. The highest BCUT2D eigenvalue weighted by atomic mass is 16.6. The van der Waals surface area contributed by atoms with Crippen LogP contribution in [0.4, 0.5) is 5.69 Å². The van der Waals surface area contributed by atoms with E-state index < -0.39 is 0 Å². The van der Waals surface area contributed by atoms with E-state index in [-0.39, 0.29) is 0 Å². The number of aromatic nitrogens is 1. The third-order valence-electron chi connectivity index (χ3n) is 4.42. The second-order valence-corrected chi connectivity index (χ2v) is 5.94. The van der Waals surface area contributed by atoms with Gasteiger partial charge in [-0.25, -0.2) is 0 Å². The molecule has 2 N–H and O–H groups in total. The zero-order valence-electron chi connectivity index (χ0n) is 12.1. The first-order valence-corrected chi connectivity index (χ1v) is 7.41. The Morgan fingerprint density at radius 3 is 2.71 bits per heavy atom. The summed E-state index contributed by atoms with van der Waals surface area (Å²) in [5, 5.41) is 0.958. The summed E-state index contributed by atoms with van der Waals surface area (Å²) in [5.41, 5.74) is 3.00. The third-order valence-corrected chi connectivity index (χ3v) is 4.42. The van der Waals surface area contributed by atoms with Crippen molar-refractivity contribution in [2.24, 2.45) is 5.90 Å². The van der Waals surface area contributed by atoms with Gasteiger partial charge in [-0.2, -0.15) is 5.90 Å². The van der Waals surface area contributed by atoms with Crippen molar-refractivity contribution in [2.45, 2.75) is 32.0 Å². The van der Waals surface area contributed by atoms with Crippen LogP contribution in [0, 0.1) is 6.92 Å². The van der Waals surface area contributed by atoms with Gasteiger partial charge in [0.05, 0.1) is 17.7 Å². The maximum atomic E-state index is 5.90. The number of hydrogen-bond donors (Lipinski definition) is 1. The number of hydrogen-bond acceptors (Lipinski definition) is 5. The van der Waals surface area contributed by atoms with Crippen LogP contribution in [0.5, 0.6) is 5.75 Å². The number of anilines is 1. The van der Waals surface area contributed by atoms with E-state index in [2.05, 4.69) is 22.0 Å². The number of pyridine rings is 1. The second kappa shape index (κ2) is 4.86. The molecule has 1 aromatic heterocycles. The Balaban J connectivity index is 1.74. The molecule has 1 aromatic carbocycles. The molecule has 0 amide bonds. The summed E-state index contributed by atoms with van der Waals surface area (Å²) >= 11 is 0. The van der Waals surface area contributed by atoms with Gasteiger partial charge in [-0.1, -0.05) is 0 Å². The first-order valence-electron chi connectivity index (χ1n) is 7.41. The maximum absolute atomic E-state index is 5.90. The predicted octanol–water partition coefficient (Wildman–Crippen LogP) is 2.16. The van der Waals surface area contributed by atoms with Crippen LogP contribution in [0.1, 0.15) is 18.5 Å². The van der Waals surface area contributed by atoms with Crippen molar-refractivity contribution in [3.8, 4) is 5.75 Å². The van der Waals surface area contributed by atoms with Crippen molar-refractivity contribution < 1.29 is 9.57 Å². The van der Waals surface area contributed by atoms with E-state index in [0.29, 0.717) is 18.0 Å². The minimum Gasteiger partial charge on any atom is -0.411 e. The largest absolute Gasteiger partial charge is 0.411 e. The number of morpholine rings is 1. The van der Waals surface area contributed by atoms with Gasteiger partial charge < -0.3 is 14.5 Å². The van der Waals surface area contributed by atoms with Gasteiger partial charge in [0.25, 0.3) is 0 Å². The number of rotatable bonds is 2. The molecule has 3 heterocycles. The Morgan fingerprint density at radius 1 is 1.24 bits per heavy atom. The average Bonchev–Trinajstić information content (AvgIpc) is 2.84. The predicted molar refractivity (Wildman–Crippen MR) is 81.4 cm³/mol. The topological polar surface area (TPSA) is 60.6 Å². The summed E-state index contributed by atoms with van der Waals surface area (Å²) in [6, 6.07) is 8.15. The molecule has 5 nitrogen and oxygen atoms in total. The molecular weight excluding hydrogens is 266 g/mol. The number of nitrogens with two attached hydrogens (primary N) is 1. The molecule has 2 saturated heterocycles. The van der Waals surface area contributed by atoms with E-state index in [1.807, 2.05) is 19.1 Å². The van der Waals surface area contributed by atoms with E-state index >= 15 is 0 Å². The Morgan fingerprint density at radius 2 is 2.00 bits per heavy atom. The molecule has 0 aliphatic carbocycles. The minimum atomic E-state index is 0.376. The quantitative estimate of drug-likeness (QED) is 0.857. The molecule has 2 aliphatic heterocycles. The number of fused-ring (bicyclic) bond motifs is 3. The highest BCUT2D eigenvalue weighted by Gasteiger charge is 2.33. The van der Waals surface area contributed by atoms with Gasteiger partial charge in [-0.05, 0) is 38.0 Å². The molecule has 2 unspecified atom stereocenters. The fourth-order valence-corrected chi connectivity index (χ4v) is 3.43. The lowest BCUT2D eigenvalue weighted by atomic mass is 10.1. The Bertz CT molecular complexity index is 677. The Hall–Kier alpha value is -1.85. The summed E-state index contributed by atoms with van der Waals surface area (Å²) < 4.78 is 5.90. The normalized spacial score (nSPS) is 24.6. The Kier molecular flexibility index (Phi) is 2.97. The number of aryl methyl sites for hydroxylation is 1. The second-order valence-electron chi connectivity index (χ2n) is 5.94. The van der Waals surface area contributed by atoms with Crippen molar-refractivity contribution in [3.05, 3.63) is 30.0 Å². The van der Waals surface area contributed by atoms with Gasteiger partial charge in [-0.15, -0.1) is 0 Å². The first-order chi connectivity index (χ1) is 10.2. The number of nitrogens with zero attached hydrogens (tertiary/aromatic N) is 2. The van der Waals surface area contributed by atoms with Gasteiger partial charge in [0.15, 0.2) is 5.75 Å². The maximum Gasteiger partial charge on any atom is 0.158 e. The van der Waals surface area contributed by atoms with E-state index in [4.69, 9.17) is 15.5 Å². The van der Waals surface area contributed by atoms with Crippen LogP contribution in [0.3, 0.4) is 0 Å². The van der Waals surface area contributed by atoms with Crippen LogP contribution in [0.2, 0.25) is 0 Å². The average molecular weight is 285 g/mol. The molecule has 5 heteroatoms. The van der Waals surface area contributed by atoms with E-state index in [1.54, 1.807) is 0 Å². The molecular formula is C16H19N3O2. The summed E-state index contributed by atoms with van der Waals surface area (Å²) in [5.74, 6) is 6.08. The molecule has 0 saturated carbocycles. The summed E-state index contributed by atoms with van der Waals surface area (Å²) in [7, 11) is 0. The van der Waals surface area contributed by atoms with Crippen LogP contribution < -0.4 is 15.6 Å². The van der Waals surface area contributed by atoms with Crippen molar-refractivity contribution in [1.29, 1.82) is 0 Å². The Labute approximate surface area is 123 Å². The molecule has 2 bridgehead atoms. The first kappa shape index (κ1) is 12.9. The highest BCUT2D eigenvalue weighted by molar-refractivity contribution is 5.88. The fourth-order valence-electron chi connectivity index (χ4n) is 3.43. The fraction of sp³-hybridized carbons (Fsp3) is 0.438. The van der Waals surface area contributed by atoms with Gasteiger partial charge in [0, 0.05) is 35.9 Å². The van der Waals surface area contributed by atoms with Crippen molar-refractivity contribution >= 4 is 16.6 Å². The molecule has 2 fully saturated rings. The molecule has 0 radical (unpaired) electrons. The molecule has 2 aromatic rings. The smallest absolute Gasteiger partial charge is 0.158 e. The van der Waals surface area contributed by atoms with Crippen LogP contribution in [0.25, 0.3) is 10.9 Å².